The van der Waals surface area contributed by atoms with Crippen molar-refractivity contribution in [3.05, 3.63) is 93.0 Å². The molecule has 3 aromatic rings. The van der Waals surface area contributed by atoms with Crippen LogP contribution in [-0.2, 0) is 21.4 Å². The zero-order valence-electron chi connectivity index (χ0n) is 18.0. The van der Waals surface area contributed by atoms with Crippen LogP contribution in [0.25, 0.3) is 0 Å². The summed E-state index contributed by atoms with van der Waals surface area (Å²) in [5, 5.41) is 3.51. The lowest BCUT2D eigenvalue weighted by molar-refractivity contribution is -0.116. The number of halogens is 2. The summed E-state index contributed by atoms with van der Waals surface area (Å²) in [6, 6.07) is 17.1. The van der Waals surface area contributed by atoms with E-state index >= 15 is 0 Å². The van der Waals surface area contributed by atoms with Gasteiger partial charge in [-0.3, -0.25) is 4.79 Å². The monoisotopic (exact) mass is 490 g/mol. The first-order valence-electron chi connectivity index (χ1n) is 9.95. The second kappa shape index (κ2) is 10.0. The van der Waals surface area contributed by atoms with Crippen molar-refractivity contribution in [2.75, 3.05) is 11.9 Å². The summed E-state index contributed by atoms with van der Waals surface area (Å²) >= 11 is 12.6. The van der Waals surface area contributed by atoms with Gasteiger partial charge >= 0.3 is 0 Å². The van der Waals surface area contributed by atoms with Crippen molar-refractivity contribution < 1.29 is 13.2 Å². The fourth-order valence-corrected chi connectivity index (χ4v) is 5.18. The van der Waals surface area contributed by atoms with Crippen LogP contribution in [0, 0.1) is 20.8 Å². The van der Waals surface area contributed by atoms with Gasteiger partial charge in [-0.15, -0.1) is 0 Å². The lowest BCUT2D eigenvalue weighted by atomic mass is 10.1. The number of nitrogens with one attached hydrogen (secondary N) is 1. The van der Waals surface area contributed by atoms with Crippen molar-refractivity contribution in [3.8, 4) is 0 Å². The van der Waals surface area contributed by atoms with E-state index in [4.69, 9.17) is 23.2 Å². The summed E-state index contributed by atoms with van der Waals surface area (Å²) in [6.45, 7) is 5.09. The van der Waals surface area contributed by atoms with Gasteiger partial charge in [0.2, 0.25) is 15.9 Å². The van der Waals surface area contributed by atoms with Gasteiger partial charge in [0.15, 0.2) is 0 Å². The number of para-hydroxylation sites is 1. The average molecular weight is 491 g/mol. The number of sulfonamides is 1. The van der Waals surface area contributed by atoms with E-state index < -0.39 is 22.5 Å². The van der Waals surface area contributed by atoms with Gasteiger partial charge in [-0.1, -0.05) is 65.2 Å². The maximum atomic E-state index is 13.5. The molecule has 0 bridgehead atoms. The smallest absolute Gasteiger partial charge is 0.243 e. The van der Waals surface area contributed by atoms with Gasteiger partial charge < -0.3 is 5.32 Å². The minimum Gasteiger partial charge on any atom is -0.324 e. The summed E-state index contributed by atoms with van der Waals surface area (Å²) < 4.78 is 28.0. The molecule has 32 heavy (non-hydrogen) atoms. The van der Waals surface area contributed by atoms with E-state index in [0.717, 1.165) is 21.0 Å². The van der Waals surface area contributed by atoms with E-state index in [1.807, 2.05) is 39.0 Å². The molecule has 0 fully saturated rings. The first kappa shape index (κ1) is 24.3. The summed E-state index contributed by atoms with van der Waals surface area (Å²) in [5.41, 5.74) is 3.81. The predicted molar refractivity (Wildman–Crippen MR) is 130 cm³/mol. The Morgan fingerprint density at radius 3 is 1.97 bits per heavy atom. The Morgan fingerprint density at radius 1 is 0.875 bits per heavy atom. The van der Waals surface area contributed by atoms with E-state index in [2.05, 4.69) is 5.32 Å². The highest BCUT2D eigenvalue weighted by molar-refractivity contribution is 7.89. The molecule has 0 aliphatic carbocycles. The quantitative estimate of drug-likeness (QED) is 0.458. The van der Waals surface area contributed by atoms with Crippen LogP contribution in [0.5, 0.6) is 0 Å². The molecule has 5 nitrogen and oxygen atoms in total. The highest BCUT2D eigenvalue weighted by Crippen LogP contribution is 2.28. The van der Waals surface area contributed by atoms with Crippen molar-refractivity contribution in [2.24, 2.45) is 0 Å². The van der Waals surface area contributed by atoms with Crippen LogP contribution < -0.4 is 5.32 Å². The van der Waals surface area contributed by atoms with Crippen molar-refractivity contribution in [1.82, 2.24) is 4.31 Å². The third-order valence-electron chi connectivity index (χ3n) is 5.12. The number of rotatable bonds is 7. The van der Waals surface area contributed by atoms with Crippen molar-refractivity contribution in [1.29, 1.82) is 0 Å². The lowest BCUT2D eigenvalue weighted by Gasteiger charge is -2.23. The third-order valence-corrected chi connectivity index (χ3v) is 7.63. The van der Waals surface area contributed by atoms with Crippen LogP contribution in [0.15, 0.2) is 65.6 Å². The standard InChI is InChI=1S/C24H24Cl2N2O3S/c1-16-10-12-19(13-11-16)32(30,31)28(14-20-21(25)8-5-9-22(20)26)15-23(29)27-24-17(2)6-4-7-18(24)3/h4-13H,14-15H2,1-3H3,(H,27,29). The Kier molecular flexibility index (Phi) is 7.62. The van der Waals surface area contributed by atoms with Gasteiger partial charge in [-0.25, -0.2) is 8.42 Å². The Hall–Kier alpha value is -2.38. The molecule has 8 heteroatoms. The van der Waals surface area contributed by atoms with Crippen molar-refractivity contribution in [2.45, 2.75) is 32.2 Å². The number of aryl methyl sites for hydroxylation is 3. The molecule has 0 radical (unpaired) electrons. The topological polar surface area (TPSA) is 66.5 Å². The van der Waals surface area contributed by atoms with E-state index in [-0.39, 0.29) is 11.4 Å². The molecule has 0 unspecified atom stereocenters. The van der Waals surface area contributed by atoms with Gasteiger partial charge in [0.1, 0.15) is 0 Å². The van der Waals surface area contributed by atoms with Crippen LogP contribution >= 0.6 is 23.2 Å². The normalized spacial score (nSPS) is 11.6. The van der Waals surface area contributed by atoms with Crippen molar-refractivity contribution in [3.63, 3.8) is 0 Å². The Labute approximate surface area is 199 Å². The minimum atomic E-state index is -4.00. The number of carbonyl (C=O) groups excluding carboxylic acids is 1. The van der Waals surface area contributed by atoms with Crippen LogP contribution in [0.4, 0.5) is 5.69 Å². The van der Waals surface area contributed by atoms with E-state index in [0.29, 0.717) is 21.3 Å². The summed E-state index contributed by atoms with van der Waals surface area (Å²) in [7, 11) is -4.00. The predicted octanol–water partition coefficient (Wildman–Crippen LogP) is 5.75. The Bertz CT molecular complexity index is 1200. The lowest BCUT2D eigenvalue weighted by Crippen LogP contribution is -2.38. The summed E-state index contributed by atoms with van der Waals surface area (Å²) in [4.78, 5) is 13.0. The van der Waals surface area contributed by atoms with Gasteiger partial charge in [-0.05, 0) is 56.2 Å². The number of benzene rings is 3. The molecule has 1 amide bonds. The maximum absolute atomic E-state index is 13.5. The zero-order valence-corrected chi connectivity index (χ0v) is 20.4. The largest absolute Gasteiger partial charge is 0.324 e. The van der Waals surface area contributed by atoms with E-state index in [1.54, 1.807) is 30.3 Å². The van der Waals surface area contributed by atoms with Crippen LogP contribution in [0.1, 0.15) is 22.3 Å². The first-order valence-corrected chi connectivity index (χ1v) is 12.1. The molecule has 0 saturated carbocycles. The third kappa shape index (κ3) is 5.51. The molecule has 0 aromatic heterocycles. The van der Waals surface area contributed by atoms with E-state index in [9.17, 15) is 13.2 Å². The number of hydrogen-bond acceptors (Lipinski definition) is 3. The molecular formula is C24H24Cl2N2O3S. The molecule has 0 aliphatic rings. The first-order chi connectivity index (χ1) is 15.1. The van der Waals surface area contributed by atoms with Gasteiger partial charge in [0.05, 0.1) is 11.4 Å². The molecule has 1 N–H and O–H groups in total. The number of carbonyl (C=O) groups is 1. The Balaban J connectivity index is 1.96. The highest BCUT2D eigenvalue weighted by atomic mass is 35.5. The van der Waals surface area contributed by atoms with E-state index in [1.165, 1.54) is 12.1 Å². The average Bonchev–Trinajstić information content (AvgIpc) is 2.73. The number of amides is 1. The fraction of sp³-hybridized carbons (Fsp3) is 0.208. The number of anilines is 1. The fourth-order valence-electron chi connectivity index (χ4n) is 3.30. The van der Waals surface area contributed by atoms with Crippen molar-refractivity contribution >= 4 is 44.8 Å². The second-order valence-electron chi connectivity index (χ2n) is 7.60. The van der Waals surface area contributed by atoms with Gasteiger partial charge in [-0.2, -0.15) is 4.31 Å². The zero-order chi connectivity index (χ0) is 23.5. The minimum absolute atomic E-state index is 0.0890. The number of hydrogen-bond donors (Lipinski definition) is 1. The molecule has 3 rings (SSSR count). The molecule has 3 aromatic carbocycles. The highest BCUT2D eigenvalue weighted by Gasteiger charge is 2.28. The molecule has 0 aliphatic heterocycles. The number of nitrogens with zero attached hydrogens (tertiary/aromatic N) is 1. The van der Waals surface area contributed by atoms with Crippen LogP contribution in [-0.4, -0.2) is 25.2 Å². The SMILES string of the molecule is Cc1ccc(S(=O)(=O)N(CC(=O)Nc2c(C)cccc2C)Cc2c(Cl)cccc2Cl)cc1. The molecule has 0 saturated heterocycles. The van der Waals surface area contributed by atoms with Gasteiger partial charge in [0.25, 0.3) is 0 Å². The molecule has 0 atom stereocenters. The second-order valence-corrected chi connectivity index (χ2v) is 10.4. The summed E-state index contributed by atoms with van der Waals surface area (Å²) in [5.74, 6) is -0.457. The molecule has 0 spiro atoms. The summed E-state index contributed by atoms with van der Waals surface area (Å²) in [6.07, 6.45) is 0. The Morgan fingerprint density at radius 2 is 1.41 bits per heavy atom. The molecule has 168 valence electrons. The molecule has 0 heterocycles. The maximum Gasteiger partial charge on any atom is 0.243 e. The molecular weight excluding hydrogens is 467 g/mol. The van der Waals surface area contributed by atoms with Crippen LogP contribution in [0.2, 0.25) is 10.0 Å². The van der Waals surface area contributed by atoms with Crippen LogP contribution in [0.3, 0.4) is 0 Å². The van der Waals surface area contributed by atoms with Gasteiger partial charge in [0, 0.05) is 27.8 Å².